The highest BCUT2D eigenvalue weighted by Gasteiger charge is 2.48. The second-order valence-corrected chi connectivity index (χ2v) is 10.00. The largest absolute Gasteiger partial charge is 0.340 e. The van der Waals surface area contributed by atoms with Crippen LogP contribution < -0.4 is 0 Å². The lowest BCUT2D eigenvalue weighted by molar-refractivity contribution is -0.141. The minimum atomic E-state index is -0.318. The van der Waals surface area contributed by atoms with Crippen LogP contribution in [0.1, 0.15) is 49.3 Å². The number of amides is 3. The van der Waals surface area contributed by atoms with Crippen LogP contribution in [0.25, 0.3) is 0 Å². The SMILES string of the molecule is O=C(CCN1C(=O)C2CCCCC2C1=O)N1CCN(C(c2ccc(F)cc2)c2ccc(F)cc2)CC1. The molecule has 2 atom stereocenters. The quantitative estimate of drug-likeness (QED) is 0.573. The summed E-state index contributed by atoms with van der Waals surface area (Å²) in [5.74, 6) is -1.31. The number of hydrogen-bond acceptors (Lipinski definition) is 4. The van der Waals surface area contributed by atoms with Crippen LogP contribution in [0.15, 0.2) is 48.5 Å². The lowest BCUT2D eigenvalue weighted by Crippen LogP contribution is -2.50. The Balaban J connectivity index is 1.21. The molecule has 2 aromatic carbocycles. The van der Waals surface area contributed by atoms with Crippen LogP contribution in [0.3, 0.4) is 0 Å². The fourth-order valence-electron chi connectivity index (χ4n) is 5.95. The van der Waals surface area contributed by atoms with Crippen LogP contribution in [0.4, 0.5) is 8.78 Å². The van der Waals surface area contributed by atoms with Gasteiger partial charge in [0.1, 0.15) is 11.6 Å². The van der Waals surface area contributed by atoms with E-state index in [0.717, 1.165) is 36.8 Å². The van der Waals surface area contributed by atoms with Gasteiger partial charge in [-0.05, 0) is 48.2 Å². The van der Waals surface area contributed by atoms with E-state index in [1.165, 1.54) is 29.2 Å². The molecule has 0 aromatic heterocycles. The Labute approximate surface area is 209 Å². The molecule has 8 heteroatoms. The highest BCUT2D eigenvalue weighted by Crippen LogP contribution is 2.38. The van der Waals surface area contributed by atoms with Gasteiger partial charge >= 0.3 is 0 Å². The molecule has 3 amide bonds. The Bertz CT molecular complexity index is 1040. The zero-order valence-electron chi connectivity index (χ0n) is 20.2. The van der Waals surface area contributed by atoms with E-state index in [1.54, 1.807) is 29.2 Å². The number of piperazine rings is 1. The van der Waals surface area contributed by atoms with Gasteiger partial charge in [0.25, 0.3) is 0 Å². The second-order valence-electron chi connectivity index (χ2n) is 10.00. The molecule has 2 saturated heterocycles. The van der Waals surface area contributed by atoms with Crippen LogP contribution >= 0.6 is 0 Å². The molecular weight excluding hydrogens is 464 g/mol. The molecule has 0 N–H and O–H groups in total. The fraction of sp³-hybridized carbons (Fsp3) is 0.464. The summed E-state index contributed by atoms with van der Waals surface area (Å²) in [5.41, 5.74) is 1.80. The summed E-state index contributed by atoms with van der Waals surface area (Å²) >= 11 is 0. The lowest BCUT2D eigenvalue weighted by atomic mass is 9.81. The number of carbonyl (C=O) groups excluding carboxylic acids is 3. The molecule has 6 nitrogen and oxygen atoms in total. The Hall–Kier alpha value is -3.13. The first-order valence-corrected chi connectivity index (χ1v) is 12.8. The molecule has 1 saturated carbocycles. The molecule has 3 aliphatic rings. The molecule has 3 fully saturated rings. The van der Waals surface area contributed by atoms with Crippen molar-refractivity contribution in [1.82, 2.24) is 14.7 Å². The molecule has 2 unspecified atom stereocenters. The molecule has 0 bridgehead atoms. The molecule has 36 heavy (non-hydrogen) atoms. The number of imide groups is 1. The van der Waals surface area contributed by atoms with Crippen molar-refractivity contribution in [2.75, 3.05) is 32.7 Å². The van der Waals surface area contributed by atoms with E-state index < -0.39 is 0 Å². The third-order valence-electron chi connectivity index (χ3n) is 7.89. The van der Waals surface area contributed by atoms with Gasteiger partial charge in [-0.1, -0.05) is 37.1 Å². The van der Waals surface area contributed by atoms with E-state index in [0.29, 0.717) is 26.2 Å². The van der Waals surface area contributed by atoms with Crippen molar-refractivity contribution in [1.29, 1.82) is 0 Å². The number of likely N-dealkylation sites (tertiary alicyclic amines) is 1. The van der Waals surface area contributed by atoms with Crippen LogP contribution in [0.2, 0.25) is 0 Å². The Kier molecular flexibility index (Phi) is 7.14. The average molecular weight is 496 g/mol. The molecule has 0 radical (unpaired) electrons. The molecule has 2 aromatic rings. The summed E-state index contributed by atoms with van der Waals surface area (Å²) in [6.45, 7) is 2.35. The van der Waals surface area contributed by atoms with Crippen molar-refractivity contribution in [2.24, 2.45) is 11.8 Å². The molecule has 2 aliphatic heterocycles. The monoisotopic (exact) mass is 495 g/mol. The second kappa shape index (κ2) is 10.5. The number of carbonyl (C=O) groups is 3. The van der Waals surface area contributed by atoms with Crippen molar-refractivity contribution >= 4 is 17.7 Å². The van der Waals surface area contributed by atoms with Gasteiger partial charge < -0.3 is 4.90 Å². The van der Waals surface area contributed by atoms with Gasteiger partial charge in [-0.3, -0.25) is 24.2 Å². The molecule has 190 valence electrons. The maximum Gasteiger partial charge on any atom is 0.233 e. The summed E-state index contributed by atoms with van der Waals surface area (Å²) in [6.07, 6.45) is 3.63. The molecular formula is C28H31F2N3O3. The fourth-order valence-corrected chi connectivity index (χ4v) is 5.95. The normalized spacial score (nSPS) is 22.9. The van der Waals surface area contributed by atoms with Gasteiger partial charge in [-0.2, -0.15) is 0 Å². The zero-order valence-corrected chi connectivity index (χ0v) is 20.2. The van der Waals surface area contributed by atoms with E-state index in [2.05, 4.69) is 4.90 Å². The topological polar surface area (TPSA) is 60.9 Å². The standard InChI is InChI=1S/C28H31F2N3O3/c29-21-9-5-19(6-10-21)26(20-7-11-22(30)12-8-20)32-17-15-31(16-18-32)25(34)13-14-33-27(35)23-3-1-2-4-24(23)28(33)36/h5-12,23-24,26H,1-4,13-18H2. The maximum atomic E-state index is 13.6. The summed E-state index contributed by atoms with van der Waals surface area (Å²) in [7, 11) is 0. The molecule has 5 rings (SSSR count). The Morgan fingerprint density at radius 3 is 1.72 bits per heavy atom. The number of benzene rings is 2. The smallest absolute Gasteiger partial charge is 0.233 e. The Morgan fingerprint density at radius 1 is 0.778 bits per heavy atom. The van der Waals surface area contributed by atoms with Crippen LogP contribution in [-0.4, -0.2) is 65.1 Å². The number of halogens is 2. The number of nitrogens with zero attached hydrogens (tertiary/aromatic N) is 3. The van der Waals surface area contributed by atoms with Crippen LogP contribution in [-0.2, 0) is 14.4 Å². The van der Waals surface area contributed by atoms with Gasteiger partial charge in [0, 0.05) is 39.1 Å². The lowest BCUT2D eigenvalue weighted by Gasteiger charge is -2.40. The first-order valence-electron chi connectivity index (χ1n) is 12.8. The van der Waals surface area contributed by atoms with Crippen LogP contribution in [0, 0.1) is 23.5 Å². The maximum absolute atomic E-state index is 13.6. The predicted octanol–water partition coefficient (Wildman–Crippen LogP) is 3.76. The van der Waals surface area contributed by atoms with Crippen LogP contribution in [0.5, 0.6) is 0 Å². The molecule has 2 heterocycles. The highest BCUT2D eigenvalue weighted by atomic mass is 19.1. The highest BCUT2D eigenvalue weighted by molar-refractivity contribution is 6.05. The average Bonchev–Trinajstić information content (AvgIpc) is 3.15. The third kappa shape index (κ3) is 4.91. The van der Waals surface area contributed by atoms with Crippen molar-refractivity contribution in [3.8, 4) is 0 Å². The van der Waals surface area contributed by atoms with Gasteiger partial charge in [0.05, 0.1) is 17.9 Å². The van der Waals surface area contributed by atoms with E-state index in [-0.39, 0.29) is 60.2 Å². The molecule has 1 aliphatic carbocycles. The van der Waals surface area contributed by atoms with Gasteiger partial charge in [0.15, 0.2) is 0 Å². The summed E-state index contributed by atoms with van der Waals surface area (Å²) in [6, 6.07) is 12.4. The van der Waals surface area contributed by atoms with Gasteiger partial charge in [-0.15, -0.1) is 0 Å². The van der Waals surface area contributed by atoms with Crippen molar-refractivity contribution in [3.05, 3.63) is 71.3 Å². The van der Waals surface area contributed by atoms with Crippen molar-refractivity contribution in [2.45, 2.75) is 38.1 Å². The first-order chi connectivity index (χ1) is 17.4. The number of fused-ring (bicyclic) bond motifs is 1. The zero-order chi connectivity index (χ0) is 25.2. The van der Waals surface area contributed by atoms with E-state index in [1.807, 2.05) is 0 Å². The van der Waals surface area contributed by atoms with Gasteiger partial charge in [-0.25, -0.2) is 8.78 Å². The van der Waals surface area contributed by atoms with E-state index >= 15 is 0 Å². The third-order valence-corrected chi connectivity index (χ3v) is 7.89. The summed E-state index contributed by atoms with van der Waals surface area (Å²) in [4.78, 5) is 43.6. The van der Waals surface area contributed by atoms with Crippen molar-refractivity contribution in [3.63, 3.8) is 0 Å². The van der Waals surface area contributed by atoms with Gasteiger partial charge in [0.2, 0.25) is 17.7 Å². The summed E-state index contributed by atoms with van der Waals surface area (Å²) < 4.78 is 27.1. The predicted molar refractivity (Wildman–Crippen MR) is 130 cm³/mol. The minimum Gasteiger partial charge on any atom is -0.340 e. The molecule has 0 spiro atoms. The van der Waals surface area contributed by atoms with E-state index in [4.69, 9.17) is 0 Å². The first kappa shape index (κ1) is 24.6. The summed E-state index contributed by atoms with van der Waals surface area (Å²) in [5, 5.41) is 0. The number of rotatable bonds is 6. The number of hydrogen-bond donors (Lipinski definition) is 0. The Morgan fingerprint density at radius 2 is 1.25 bits per heavy atom. The minimum absolute atomic E-state index is 0.0646. The van der Waals surface area contributed by atoms with Crippen molar-refractivity contribution < 1.29 is 23.2 Å². The van der Waals surface area contributed by atoms with E-state index in [9.17, 15) is 23.2 Å².